The molecule has 0 unspecified atom stereocenters. The van der Waals surface area contributed by atoms with Gasteiger partial charge in [-0.25, -0.2) is 4.39 Å². The number of amides is 1. The summed E-state index contributed by atoms with van der Waals surface area (Å²) in [6, 6.07) is 6.89. The lowest BCUT2D eigenvalue weighted by Gasteiger charge is -2.15. The number of carbonyl (C=O) groups excluding carboxylic acids is 2. The van der Waals surface area contributed by atoms with Gasteiger partial charge in [-0.05, 0) is 37.1 Å². The molecule has 1 aromatic rings. The molecule has 0 aliphatic rings. The minimum atomic E-state index is -1.33. The second-order valence-electron chi connectivity index (χ2n) is 4.47. The van der Waals surface area contributed by atoms with Crippen molar-refractivity contribution in [2.24, 2.45) is 11.8 Å². The Morgan fingerprint density at radius 3 is 2.25 bits per heavy atom. The molecular formula is C15H17FN2O2. The molecule has 0 aliphatic heterocycles. The van der Waals surface area contributed by atoms with E-state index in [9.17, 15) is 14.0 Å². The predicted octanol–water partition coefficient (Wildman–Crippen LogP) is 2.91. The van der Waals surface area contributed by atoms with Crippen LogP contribution in [0.5, 0.6) is 0 Å². The summed E-state index contributed by atoms with van der Waals surface area (Å²) < 4.78 is 12.8. The highest BCUT2D eigenvalue weighted by atomic mass is 19.1. The Balaban J connectivity index is 2.80. The topological polar surface area (TPSA) is 70.0 Å². The number of rotatable bonds is 6. The Bertz CT molecular complexity index is 516. The van der Waals surface area contributed by atoms with Crippen LogP contribution in [0.15, 0.2) is 24.3 Å². The fraction of sp³-hybridized carbons (Fsp3) is 0.400. The van der Waals surface area contributed by atoms with E-state index in [0.29, 0.717) is 18.5 Å². The van der Waals surface area contributed by atoms with Crippen LogP contribution in [-0.4, -0.2) is 11.7 Å². The van der Waals surface area contributed by atoms with Gasteiger partial charge in [0.25, 0.3) is 0 Å². The molecule has 0 aliphatic carbocycles. The summed E-state index contributed by atoms with van der Waals surface area (Å²) in [5, 5.41) is 11.5. The summed E-state index contributed by atoms with van der Waals surface area (Å²) in [5.41, 5.74) is 0.356. The van der Waals surface area contributed by atoms with Crippen molar-refractivity contribution >= 4 is 17.4 Å². The summed E-state index contributed by atoms with van der Waals surface area (Å²) in [5.74, 6) is -3.08. The molecule has 4 nitrogen and oxygen atoms in total. The number of carbonyl (C=O) groups is 2. The number of hydrogen-bond acceptors (Lipinski definition) is 3. The third-order valence-corrected chi connectivity index (χ3v) is 3.18. The second kappa shape index (κ2) is 7.39. The van der Waals surface area contributed by atoms with Crippen LogP contribution in [0, 0.1) is 29.0 Å². The van der Waals surface area contributed by atoms with Gasteiger partial charge in [-0.2, -0.15) is 5.26 Å². The van der Waals surface area contributed by atoms with Crippen molar-refractivity contribution in [2.45, 2.75) is 26.7 Å². The van der Waals surface area contributed by atoms with Crippen LogP contribution in [0.4, 0.5) is 10.1 Å². The third-order valence-electron chi connectivity index (χ3n) is 3.18. The summed E-state index contributed by atoms with van der Waals surface area (Å²) in [4.78, 5) is 24.0. The third kappa shape index (κ3) is 3.89. The molecule has 1 atom stereocenters. The van der Waals surface area contributed by atoms with E-state index in [4.69, 9.17) is 5.26 Å². The summed E-state index contributed by atoms with van der Waals surface area (Å²) >= 11 is 0. The average molecular weight is 276 g/mol. The monoisotopic (exact) mass is 276 g/mol. The molecule has 1 rings (SSSR count). The van der Waals surface area contributed by atoms with Crippen molar-refractivity contribution in [3.05, 3.63) is 30.1 Å². The summed E-state index contributed by atoms with van der Waals surface area (Å²) in [6.45, 7) is 3.69. The Labute approximate surface area is 117 Å². The van der Waals surface area contributed by atoms with Crippen LogP contribution in [0.2, 0.25) is 0 Å². The van der Waals surface area contributed by atoms with E-state index in [1.807, 2.05) is 13.8 Å². The number of anilines is 1. The minimum absolute atomic E-state index is 0.293. The van der Waals surface area contributed by atoms with E-state index in [-0.39, 0.29) is 11.7 Å². The van der Waals surface area contributed by atoms with Crippen LogP contribution in [-0.2, 0) is 9.59 Å². The highest BCUT2D eigenvalue weighted by molar-refractivity contribution is 6.10. The number of ketones is 1. The van der Waals surface area contributed by atoms with Gasteiger partial charge >= 0.3 is 0 Å². The maximum absolute atomic E-state index is 12.8. The fourth-order valence-corrected chi connectivity index (χ4v) is 1.93. The van der Waals surface area contributed by atoms with Crippen LogP contribution in [0.3, 0.4) is 0 Å². The van der Waals surface area contributed by atoms with Gasteiger partial charge in [-0.15, -0.1) is 0 Å². The Hall–Kier alpha value is -2.22. The molecule has 1 amide bonds. The lowest BCUT2D eigenvalue weighted by molar-refractivity contribution is -0.131. The first-order valence-electron chi connectivity index (χ1n) is 6.53. The zero-order valence-electron chi connectivity index (χ0n) is 11.5. The molecule has 106 valence electrons. The largest absolute Gasteiger partial charge is 0.325 e. The molecular weight excluding hydrogens is 259 g/mol. The minimum Gasteiger partial charge on any atom is -0.325 e. The quantitative estimate of drug-likeness (QED) is 0.812. The molecule has 20 heavy (non-hydrogen) atoms. The normalized spacial score (nSPS) is 11.8. The second-order valence-corrected chi connectivity index (χ2v) is 4.47. The number of nitrogens with one attached hydrogen (secondary N) is 1. The van der Waals surface area contributed by atoms with E-state index in [1.165, 1.54) is 24.3 Å². The maximum atomic E-state index is 12.8. The predicted molar refractivity (Wildman–Crippen MR) is 73.2 cm³/mol. The zero-order chi connectivity index (χ0) is 15.1. The van der Waals surface area contributed by atoms with Gasteiger partial charge in [0.05, 0.1) is 6.07 Å². The van der Waals surface area contributed by atoms with Crippen LogP contribution >= 0.6 is 0 Å². The van der Waals surface area contributed by atoms with Gasteiger partial charge in [-0.1, -0.05) is 13.8 Å². The molecule has 0 heterocycles. The highest BCUT2D eigenvalue weighted by Gasteiger charge is 2.30. The van der Waals surface area contributed by atoms with Crippen molar-refractivity contribution < 1.29 is 14.0 Å². The molecule has 0 fully saturated rings. The maximum Gasteiger partial charge on any atom is 0.249 e. The summed E-state index contributed by atoms with van der Waals surface area (Å²) in [6.07, 6.45) is 1.19. The number of Topliss-reactive ketones (excluding diaryl/α,β-unsaturated/α-hetero) is 1. The van der Waals surface area contributed by atoms with Crippen molar-refractivity contribution in [2.75, 3.05) is 5.32 Å². The van der Waals surface area contributed by atoms with Crippen molar-refractivity contribution in [1.29, 1.82) is 5.26 Å². The zero-order valence-corrected chi connectivity index (χ0v) is 11.5. The molecule has 0 bridgehead atoms. The highest BCUT2D eigenvalue weighted by Crippen LogP contribution is 2.17. The molecule has 1 N–H and O–H groups in total. The van der Waals surface area contributed by atoms with Crippen LogP contribution < -0.4 is 5.32 Å². The van der Waals surface area contributed by atoms with Crippen molar-refractivity contribution in [1.82, 2.24) is 0 Å². The first-order chi connectivity index (χ1) is 9.53. The van der Waals surface area contributed by atoms with E-state index in [1.54, 1.807) is 6.07 Å². The average Bonchev–Trinajstić information content (AvgIpc) is 2.43. The molecule has 0 saturated heterocycles. The number of nitrogens with zero attached hydrogens (tertiary/aromatic N) is 1. The number of halogens is 1. The first-order valence-corrected chi connectivity index (χ1v) is 6.53. The van der Waals surface area contributed by atoms with E-state index in [2.05, 4.69) is 5.32 Å². The van der Waals surface area contributed by atoms with Gasteiger partial charge in [0.2, 0.25) is 5.91 Å². The lowest BCUT2D eigenvalue weighted by atomic mass is 9.89. The number of benzene rings is 1. The molecule has 5 heteroatoms. The van der Waals surface area contributed by atoms with Gasteiger partial charge < -0.3 is 5.32 Å². The Morgan fingerprint density at radius 1 is 1.25 bits per heavy atom. The lowest BCUT2D eigenvalue weighted by Crippen LogP contribution is -2.32. The molecule has 0 saturated carbocycles. The molecule has 0 radical (unpaired) electrons. The van der Waals surface area contributed by atoms with Crippen LogP contribution in [0.1, 0.15) is 26.7 Å². The van der Waals surface area contributed by atoms with E-state index < -0.39 is 17.6 Å². The van der Waals surface area contributed by atoms with Gasteiger partial charge in [0.1, 0.15) is 5.82 Å². The van der Waals surface area contributed by atoms with Crippen molar-refractivity contribution in [3.8, 4) is 6.07 Å². The van der Waals surface area contributed by atoms with Crippen LogP contribution in [0.25, 0.3) is 0 Å². The van der Waals surface area contributed by atoms with Crippen molar-refractivity contribution in [3.63, 3.8) is 0 Å². The van der Waals surface area contributed by atoms with Gasteiger partial charge in [0.15, 0.2) is 11.7 Å². The smallest absolute Gasteiger partial charge is 0.249 e. The first kappa shape index (κ1) is 15.8. The molecule has 1 aromatic carbocycles. The van der Waals surface area contributed by atoms with Gasteiger partial charge in [0, 0.05) is 11.6 Å². The SMILES string of the molecule is CCC(CC)C(=O)[C@@H](C#N)C(=O)Nc1ccc(F)cc1. The Morgan fingerprint density at radius 2 is 1.80 bits per heavy atom. The van der Waals surface area contributed by atoms with Gasteiger partial charge in [-0.3, -0.25) is 9.59 Å². The molecule has 0 spiro atoms. The number of hydrogen-bond donors (Lipinski definition) is 1. The standard InChI is InChI=1S/C15H17FN2O2/c1-3-10(4-2)14(19)13(9-17)15(20)18-12-7-5-11(16)6-8-12/h5-8,10,13H,3-4H2,1-2H3,(H,18,20)/t13-/m1/s1. The summed E-state index contributed by atoms with van der Waals surface area (Å²) in [7, 11) is 0. The number of nitriles is 1. The van der Waals surface area contributed by atoms with E-state index >= 15 is 0 Å². The molecule has 0 aromatic heterocycles. The Kier molecular flexibility index (Phi) is 5.85. The fourth-order valence-electron chi connectivity index (χ4n) is 1.93. The van der Waals surface area contributed by atoms with E-state index in [0.717, 1.165) is 0 Å².